The molecule has 0 saturated heterocycles. The third kappa shape index (κ3) is 4.82. The van der Waals surface area contributed by atoms with E-state index < -0.39 is 18.5 Å². The van der Waals surface area contributed by atoms with E-state index in [4.69, 9.17) is 14.5 Å². The molecule has 0 aliphatic carbocycles. The van der Waals surface area contributed by atoms with Gasteiger partial charge >= 0.3 is 5.97 Å². The Morgan fingerprint density at radius 3 is 2.83 bits per heavy atom. The lowest BCUT2D eigenvalue weighted by molar-refractivity contribution is -0.119. The molecule has 2 aromatic carbocycles. The van der Waals surface area contributed by atoms with Crippen LogP contribution >= 0.6 is 11.3 Å². The van der Waals surface area contributed by atoms with Crippen molar-refractivity contribution >= 4 is 49.5 Å². The van der Waals surface area contributed by atoms with Crippen molar-refractivity contribution in [3.8, 4) is 5.75 Å². The van der Waals surface area contributed by atoms with Crippen LogP contribution in [-0.2, 0) is 22.5 Å². The first kappa shape index (κ1) is 23.2. The monoisotopic (exact) mass is 490 g/mol. The van der Waals surface area contributed by atoms with Gasteiger partial charge in [-0.2, -0.15) is 0 Å². The summed E-state index contributed by atoms with van der Waals surface area (Å²) < 4.78 is 11.6. The Balaban J connectivity index is 1.34. The predicted molar refractivity (Wildman–Crippen MR) is 136 cm³/mol. The normalized spacial score (nSPS) is 13.5. The number of carbonyl (C=O) groups is 2. The lowest BCUT2D eigenvalue weighted by atomic mass is 9.95. The third-order valence-corrected chi connectivity index (χ3v) is 6.98. The van der Waals surface area contributed by atoms with Gasteiger partial charge in [0.25, 0.3) is 5.91 Å². The van der Waals surface area contributed by atoms with Gasteiger partial charge < -0.3 is 9.47 Å². The topological polar surface area (TPSA) is 93.7 Å². The molecule has 5 rings (SSSR count). The van der Waals surface area contributed by atoms with E-state index in [1.807, 2.05) is 42.5 Å². The summed E-state index contributed by atoms with van der Waals surface area (Å²) in [5.41, 5.74) is 3.85. The zero-order valence-electron chi connectivity index (χ0n) is 19.7. The van der Waals surface area contributed by atoms with Gasteiger partial charge in [-0.25, -0.2) is 9.78 Å². The average molecular weight is 491 g/mol. The maximum atomic E-state index is 13.3. The van der Waals surface area contributed by atoms with Crippen LogP contribution in [0.15, 0.2) is 42.5 Å². The van der Waals surface area contributed by atoms with Gasteiger partial charge in [0.15, 0.2) is 11.7 Å². The second kappa shape index (κ2) is 9.97. The summed E-state index contributed by atoms with van der Waals surface area (Å²) in [4.78, 5) is 37.4. The van der Waals surface area contributed by atoms with Crippen molar-refractivity contribution in [1.82, 2.24) is 14.9 Å². The van der Waals surface area contributed by atoms with Crippen LogP contribution < -0.4 is 10.1 Å². The fourth-order valence-corrected chi connectivity index (χ4v) is 5.34. The summed E-state index contributed by atoms with van der Waals surface area (Å²) in [6, 6.07) is 13.1. The van der Waals surface area contributed by atoms with Crippen molar-refractivity contribution in [2.75, 3.05) is 32.1 Å². The largest absolute Gasteiger partial charge is 0.497 e. The van der Waals surface area contributed by atoms with E-state index in [-0.39, 0.29) is 0 Å². The van der Waals surface area contributed by atoms with Crippen LogP contribution in [-0.4, -0.2) is 53.6 Å². The maximum absolute atomic E-state index is 13.3. The van der Waals surface area contributed by atoms with E-state index in [1.165, 1.54) is 11.3 Å². The average Bonchev–Trinajstić information content (AvgIpc) is 3.27. The number of methoxy groups -OCH3 is 1. The van der Waals surface area contributed by atoms with Crippen LogP contribution in [0.2, 0.25) is 0 Å². The fourth-order valence-electron chi connectivity index (χ4n) is 4.43. The first-order chi connectivity index (χ1) is 17.1. The van der Waals surface area contributed by atoms with Gasteiger partial charge in [0.05, 0.1) is 28.4 Å². The predicted octanol–water partition coefficient (Wildman–Crippen LogP) is 4.42. The number of anilines is 1. The molecule has 3 heterocycles. The van der Waals surface area contributed by atoms with Gasteiger partial charge in [-0.1, -0.05) is 36.5 Å². The van der Waals surface area contributed by atoms with E-state index in [0.717, 1.165) is 64.1 Å². The molecule has 1 aliphatic heterocycles. The van der Waals surface area contributed by atoms with Crippen LogP contribution in [0, 0.1) is 0 Å². The Morgan fingerprint density at radius 2 is 2.00 bits per heavy atom. The number of amides is 1. The van der Waals surface area contributed by atoms with Crippen LogP contribution in [0.5, 0.6) is 5.75 Å². The molecule has 8 nitrogen and oxygen atoms in total. The second-order valence-corrected chi connectivity index (χ2v) is 9.46. The number of carbonyl (C=O) groups excluding carboxylic acids is 2. The Kier molecular flexibility index (Phi) is 6.61. The van der Waals surface area contributed by atoms with E-state index in [9.17, 15) is 9.59 Å². The summed E-state index contributed by atoms with van der Waals surface area (Å²) >= 11 is 1.33. The molecule has 0 saturated carbocycles. The number of fused-ring (bicyclic) bond motifs is 3. The number of benzene rings is 2. The van der Waals surface area contributed by atoms with Crippen molar-refractivity contribution < 1.29 is 19.1 Å². The Hall–Kier alpha value is -3.56. The number of hydrogen-bond acceptors (Lipinski definition) is 8. The number of ether oxygens (including phenoxy) is 2. The zero-order chi connectivity index (χ0) is 24.4. The number of pyridine rings is 1. The summed E-state index contributed by atoms with van der Waals surface area (Å²) in [5.74, 6) is -0.232. The lowest BCUT2D eigenvalue weighted by Gasteiger charge is -2.29. The molecule has 4 aromatic rings. The third-order valence-electron chi connectivity index (χ3n) is 6.05. The van der Waals surface area contributed by atoms with Gasteiger partial charge in [-0.15, -0.1) is 0 Å². The molecular formula is C26H26N4O4S. The fraction of sp³-hybridized carbons (Fsp3) is 0.308. The smallest absolute Gasteiger partial charge is 0.339 e. The molecular weight excluding hydrogens is 464 g/mol. The molecule has 180 valence electrons. The van der Waals surface area contributed by atoms with E-state index in [2.05, 4.69) is 22.1 Å². The highest BCUT2D eigenvalue weighted by molar-refractivity contribution is 7.22. The van der Waals surface area contributed by atoms with Crippen molar-refractivity contribution in [2.24, 2.45) is 0 Å². The van der Waals surface area contributed by atoms with Crippen LogP contribution in [0.3, 0.4) is 0 Å². The highest BCUT2D eigenvalue weighted by Crippen LogP contribution is 2.30. The minimum Gasteiger partial charge on any atom is -0.497 e. The molecule has 0 bridgehead atoms. The van der Waals surface area contributed by atoms with Crippen molar-refractivity contribution in [3.63, 3.8) is 0 Å². The molecule has 9 heteroatoms. The number of nitrogens with one attached hydrogen (secondary N) is 1. The number of thiazole rings is 1. The van der Waals surface area contributed by atoms with Gasteiger partial charge in [0, 0.05) is 36.2 Å². The second-order valence-electron chi connectivity index (χ2n) is 8.43. The molecule has 0 fully saturated rings. The Bertz CT molecular complexity index is 1420. The molecule has 0 spiro atoms. The highest BCUT2D eigenvalue weighted by Gasteiger charge is 2.26. The van der Waals surface area contributed by atoms with Crippen molar-refractivity contribution in [2.45, 2.75) is 26.3 Å². The lowest BCUT2D eigenvalue weighted by Crippen LogP contribution is -2.33. The van der Waals surface area contributed by atoms with Crippen LogP contribution in [0.25, 0.3) is 21.1 Å². The van der Waals surface area contributed by atoms with Gasteiger partial charge in [0.1, 0.15) is 5.75 Å². The summed E-state index contributed by atoms with van der Waals surface area (Å²) in [5, 5.41) is 3.92. The minimum absolute atomic E-state index is 0.401. The minimum atomic E-state index is -0.512. The molecule has 1 N–H and O–H groups in total. The molecule has 2 aromatic heterocycles. The van der Waals surface area contributed by atoms with Crippen molar-refractivity contribution in [3.05, 3.63) is 59.3 Å². The zero-order valence-corrected chi connectivity index (χ0v) is 20.5. The molecule has 1 aliphatic rings. The number of esters is 1. The maximum Gasteiger partial charge on any atom is 0.339 e. The quantitative estimate of drug-likeness (QED) is 0.383. The highest BCUT2D eigenvalue weighted by atomic mass is 32.1. The first-order valence-corrected chi connectivity index (χ1v) is 12.4. The van der Waals surface area contributed by atoms with Gasteiger partial charge in [-0.3, -0.25) is 20.0 Å². The molecule has 0 radical (unpaired) electrons. The van der Waals surface area contributed by atoms with E-state index in [1.54, 1.807) is 7.11 Å². The Labute approximate surface area is 206 Å². The summed E-state index contributed by atoms with van der Waals surface area (Å²) in [6.45, 7) is 4.26. The summed E-state index contributed by atoms with van der Waals surface area (Å²) in [7, 11) is 1.60. The number of para-hydroxylation sites is 1. The number of rotatable bonds is 7. The number of hydrogen-bond donors (Lipinski definition) is 1. The van der Waals surface area contributed by atoms with Crippen LogP contribution in [0.4, 0.5) is 5.13 Å². The number of nitrogens with zero attached hydrogens (tertiary/aromatic N) is 3. The van der Waals surface area contributed by atoms with Crippen LogP contribution in [0.1, 0.15) is 35.0 Å². The van der Waals surface area contributed by atoms with Gasteiger partial charge in [-0.05, 0) is 37.2 Å². The van der Waals surface area contributed by atoms with Crippen molar-refractivity contribution in [1.29, 1.82) is 0 Å². The SMILES string of the molecule is CCCN1CCc2nc3ccccc3c(C(=O)OCC(=O)Nc3nc4ccc(OC)cc4s3)c2C1. The molecule has 0 atom stereocenters. The molecule has 1 amide bonds. The standard InChI is InChI=1S/C26H26N4O4S/c1-3-11-30-12-10-20-18(14-30)24(17-6-4-5-7-19(17)27-20)25(32)34-15-23(31)29-26-28-21-9-8-16(33-2)13-22(21)35-26/h4-9,13H,3,10-12,14-15H2,1-2H3,(H,28,29,31). The van der Waals surface area contributed by atoms with Gasteiger partial charge in [0.2, 0.25) is 0 Å². The molecule has 35 heavy (non-hydrogen) atoms. The first-order valence-electron chi connectivity index (χ1n) is 11.6. The number of aromatic nitrogens is 2. The Morgan fingerprint density at radius 1 is 1.14 bits per heavy atom. The van der Waals surface area contributed by atoms with E-state index >= 15 is 0 Å². The van der Waals surface area contributed by atoms with E-state index in [0.29, 0.717) is 17.2 Å². The summed E-state index contributed by atoms with van der Waals surface area (Å²) in [6.07, 6.45) is 1.82. The molecule has 0 unspecified atom stereocenters.